The molecule has 0 radical (unpaired) electrons. The molecule has 1 aliphatic heterocycles. The average Bonchev–Trinajstić information content (AvgIpc) is 3.12. The molecule has 2 nitrogen and oxygen atoms in total. The van der Waals surface area contributed by atoms with Crippen molar-refractivity contribution in [3.63, 3.8) is 0 Å². The van der Waals surface area contributed by atoms with Gasteiger partial charge in [0.05, 0.1) is 0 Å². The van der Waals surface area contributed by atoms with Crippen LogP contribution in [0.15, 0.2) is 59.7 Å². The minimum atomic E-state index is 0.922. The molecule has 2 heteroatoms. The van der Waals surface area contributed by atoms with Crippen molar-refractivity contribution in [2.45, 2.75) is 91.9 Å². The zero-order chi connectivity index (χ0) is 22.9. The summed E-state index contributed by atoms with van der Waals surface area (Å²) in [7, 11) is 0. The number of benzene rings is 2. The van der Waals surface area contributed by atoms with E-state index in [1.54, 1.807) is 0 Å². The first kappa shape index (κ1) is 24.2. The highest BCUT2D eigenvalue weighted by Gasteiger charge is 2.34. The predicted octanol–water partition coefficient (Wildman–Crippen LogP) is 9.14. The number of aryl methyl sites for hydroxylation is 2. The fraction of sp³-hybridized carbons (Fsp3) is 0.467. The summed E-state index contributed by atoms with van der Waals surface area (Å²) in [5.74, 6) is 0. The maximum Gasteiger partial charge on any atom is 0.211 e. The number of nitrogens with zero attached hydrogens (tertiary/aromatic N) is 2. The maximum atomic E-state index is 11.5. The minimum absolute atomic E-state index is 0.922. The Hall–Kier alpha value is -2.48. The van der Waals surface area contributed by atoms with Gasteiger partial charge in [-0.05, 0) is 67.5 Å². The number of rotatable bonds is 12. The van der Waals surface area contributed by atoms with E-state index >= 15 is 0 Å². The normalized spacial score (nSPS) is 14.1. The van der Waals surface area contributed by atoms with E-state index in [9.17, 15) is 5.53 Å². The average molecular weight is 429 g/mol. The third-order valence-electron chi connectivity index (χ3n) is 6.71. The van der Waals surface area contributed by atoms with Crippen molar-refractivity contribution in [1.82, 2.24) is 0 Å². The number of hydrogen-bond donors (Lipinski definition) is 0. The van der Waals surface area contributed by atoms with Crippen LogP contribution in [0.3, 0.4) is 0 Å². The summed E-state index contributed by atoms with van der Waals surface area (Å²) in [6.07, 6.45) is 11.6. The highest BCUT2D eigenvalue weighted by Crippen LogP contribution is 2.44. The van der Waals surface area contributed by atoms with Crippen LogP contribution < -0.4 is 0 Å². The standard InChI is InChI=1S/C30H40N2/c1-5-9-10-11-12-13-20-28-27(8-4)29(25-18-14-16-23(6-2)21-25)32(31)30(28)26-19-15-17-24(7-3)22-26/h14-19,21-22H,5-13,20H2,1-4H3. The smallest absolute Gasteiger partial charge is 0.211 e. The molecule has 0 amide bonds. The monoisotopic (exact) mass is 428 g/mol. The Morgan fingerprint density at radius 2 is 1.16 bits per heavy atom. The summed E-state index contributed by atoms with van der Waals surface area (Å²) in [6.45, 7) is 8.86. The second kappa shape index (κ2) is 11.9. The van der Waals surface area contributed by atoms with Gasteiger partial charge in [0, 0.05) is 22.3 Å². The molecule has 0 saturated heterocycles. The Morgan fingerprint density at radius 1 is 0.625 bits per heavy atom. The van der Waals surface area contributed by atoms with Crippen LogP contribution in [0.2, 0.25) is 0 Å². The van der Waals surface area contributed by atoms with E-state index in [4.69, 9.17) is 0 Å². The van der Waals surface area contributed by atoms with Crippen LogP contribution in [-0.2, 0) is 12.8 Å². The van der Waals surface area contributed by atoms with Crippen LogP contribution >= 0.6 is 0 Å². The predicted molar refractivity (Wildman–Crippen MR) is 137 cm³/mol. The summed E-state index contributed by atoms with van der Waals surface area (Å²) < 4.78 is 1.49. The first-order valence-electron chi connectivity index (χ1n) is 12.8. The third kappa shape index (κ3) is 5.46. The van der Waals surface area contributed by atoms with Crippen LogP contribution in [0.5, 0.6) is 0 Å². The van der Waals surface area contributed by atoms with Crippen LogP contribution in [0.4, 0.5) is 0 Å². The van der Waals surface area contributed by atoms with Crippen LogP contribution in [0, 0.1) is 0 Å². The lowest BCUT2D eigenvalue weighted by Gasteiger charge is -2.11. The Kier molecular flexibility index (Phi) is 9.02. The van der Waals surface area contributed by atoms with Crippen molar-refractivity contribution in [3.05, 3.63) is 87.5 Å². The molecule has 32 heavy (non-hydrogen) atoms. The van der Waals surface area contributed by atoms with Crippen molar-refractivity contribution in [3.8, 4) is 0 Å². The molecule has 1 aliphatic rings. The highest BCUT2D eigenvalue weighted by molar-refractivity contribution is 5.82. The van der Waals surface area contributed by atoms with Gasteiger partial charge in [0.1, 0.15) is 0 Å². The quantitative estimate of drug-likeness (QED) is 0.238. The molecule has 0 aliphatic carbocycles. The van der Waals surface area contributed by atoms with Gasteiger partial charge >= 0.3 is 0 Å². The van der Waals surface area contributed by atoms with Gasteiger partial charge in [0.25, 0.3) is 0 Å². The van der Waals surface area contributed by atoms with E-state index in [1.807, 2.05) is 0 Å². The van der Waals surface area contributed by atoms with Crippen molar-refractivity contribution >= 4 is 11.4 Å². The molecule has 0 unspecified atom stereocenters. The number of allylic oxidation sites excluding steroid dienone is 2. The molecular weight excluding hydrogens is 388 g/mol. The van der Waals surface area contributed by atoms with Crippen molar-refractivity contribution in [1.29, 1.82) is 0 Å². The summed E-state index contributed by atoms with van der Waals surface area (Å²) >= 11 is 0. The second-order valence-corrected chi connectivity index (χ2v) is 8.95. The molecule has 0 aromatic heterocycles. The topological polar surface area (TPSA) is 25.3 Å². The molecule has 2 aromatic carbocycles. The minimum Gasteiger partial charge on any atom is -0.493 e. The number of unbranched alkanes of at least 4 members (excludes halogenated alkanes) is 5. The lowest BCUT2D eigenvalue weighted by Crippen LogP contribution is -2.03. The van der Waals surface area contributed by atoms with Crippen molar-refractivity contribution in [2.24, 2.45) is 0 Å². The second-order valence-electron chi connectivity index (χ2n) is 8.95. The van der Waals surface area contributed by atoms with Crippen LogP contribution in [0.25, 0.3) is 16.9 Å². The van der Waals surface area contributed by atoms with Crippen LogP contribution in [0.1, 0.15) is 101 Å². The first-order valence-corrected chi connectivity index (χ1v) is 12.8. The van der Waals surface area contributed by atoms with E-state index in [1.165, 1.54) is 65.5 Å². The SMILES string of the molecule is CCCCCCCCC1=C(c2cccc(CC)c2)[N+](=[N-])C(c2cccc(CC)c2)=C1CC. The Morgan fingerprint density at radius 3 is 1.69 bits per heavy atom. The van der Waals surface area contributed by atoms with E-state index < -0.39 is 0 Å². The van der Waals surface area contributed by atoms with Gasteiger partial charge in [-0.15, -0.1) is 0 Å². The molecule has 2 aromatic rings. The maximum absolute atomic E-state index is 11.5. The summed E-state index contributed by atoms with van der Waals surface area (Å²) in [4.78, 5) is 0. The molecule has 3 rings (SSSR count). The Balaban J connectivity index is 2.00. The summed E-state index contributed by atoms with van der Waals surface area (Å²) in [6, 6.07) is 17.4. The largest absolute Gasteiger partial charge is 0.493 e. The zero-order valence-electron chi connectivity index (χ0n) is 20.6. The molecule has 170 valence electrons. The van der Waals surface area contributed by atoms with Gasteiger partial charge in [0.2, 0.25) is 11.4 Å². The lowest BCUT2D eigenvalue weighted by molar-refractivity contribution is -0.345. The zero-order valence-corrected chi connectivity index (χ0v) is 20.6. The van der Waals surface area contributed by atoms with Gasteiger partial charge in [-0.3, -0.25) is 0 Å². The molecular formula is C30H40N2. The third-order valence-corrected chi connectivity index (χ3v) is 6.71. The molecule has 0 spiro atoms. The van der Waals surface area contributed by atoms with Gasteiger partial charge in [-0.2, -0.15) is 0 Å². The molecule has 0 fully saturated rings. The van der Waals surface area contributed by atoms with Gasteiger partial charge in [0.15, 0.2) is 0 Å². The van der Waals surface area contributed by atoms with Gasteiger partial charge in [-0.1, -0.05) is 84.1 Å². The van der Waals surface area contributed by atoms with Crippen LogP contribution in [-0.4, -0.2) is 4.70 Å². The van der Waals surface area contributed by atoms with E-state index in [-0.39, 0.29) is 0 Å². The molecule has 0 bridgehead atoms. The number of hydrogen-bond acceptors (Lipinski definition) is 0. The Labute approximate surface area is 195 Å². The fourth-order valence-corrected chi connectivity index (χ4v) is 4.86. The van der Waals surface area contributed by atoms with E-state index in [0.717, 1.165) is 48.2 Å². The molecule has 1 heterocycles. The van der Waals surface area contributed by atoms with E-state index in [0.29, 0.717) is 0 Å². The lowest BCUT2D eigenvalue weighted by atomic mass is 9.92. The summed E-state index contributed by atoms with van der Waals surface area (Å²) in [5, 5.41) is 0. The fourth-order valence-electron chi connectivity index (χ4n) is 4.86. The van der Waals surface area contributed by atoms with E-state index in [2.05, 4.69) is 76.2 Å². The van der Waals surface area contributed by atoms with Gasteiger partial charge in [-0.25, -0.2) is 4.70 Å². The molecule has 0 N–H and O–H groups in total. The first-order chi connectivity index (χ1) is 15.6. The van der Waals surface area contributed by atoms with Gasteiger partial charge < -0.3 is 5.53 Å². The van der Waals surface area contributed by atoms with Crippen molar-refractivity contribution in [2.75, 3.05) is 0 Å². The molecule has 0 saturated carbocycles. The highest BCUT2D eigenvalue weighted by atomic mass is 15.2. The molecule has 0 atom stereocenters. The summed E-state index contributed by atoms with van der Waals surface area (Å²) in [5.41, 5.74) is 21.0. The Bertz CT molecular complexity index is 993. The van der Waals surface area contributed by atoms with Crippen molar-refractivity contribution < 1.29 is 4.70 Å².